The standard InChI is InChI=1S/C14H24N2O/c1-4-17-10-9-16(3)14-6-5-12(2)11-13(14)7-8-15/h5-6,11H,4,7-10,15H2,1-3H3. The minimum absolute atomic E-state index is 0.690. The second-order valence-corrected chi connectivity index (χ2v) is 4.29. The van der Waals surface area contributed by atoms with Gasteiger partial charge in [0.05, 0.1) is 6.61 Å². The first-order valence-corrected chi connectivity index (χ1v) is 6.27. The normalized spacial score (nSPS) is 10.6. The summed E-state index contributed by atoms with van der Waals surface area (Å²) in [6, 6.07) is 6.54. The number of hydrogen-bond acceptors (Lipinski definition) is 3. The Bertz CT molecular complexity index is 339. The zero-order chi connectivity index (χ0) is 12.7. The highest BCUT2D eigenvalue weighted by atomic mass is 16.5. The van der Waals surface area contributed by atoms with Gasteiger partial charge in [0.15, 0.2) is 0 Å². The molecule has 1 aromatic rings. The van der Waals surface area contributed by atoms with Crippen LogP contribution in [0.25, 0.3) is 0 Å². The Morgan fingerprint density at radius 2 is 2.12 bits per heavy atom. The number of ether oxygens (including phenoxy) is 1. The summed E-state index contributed by atoms with van der Waals surface area (Å²) in [6.45, 7) is 7.28. The molecule has 2 N–H and O–H groups in total. The average molecular weight is 236 g/mol. The molecule has 0 radical (unpaired) electrons. The molecule has 0 amide bonds. The SMILES string of the molecule is CCOCCN(C)c1ccc(C)cc1CCN. The maximum absolute atomic E-state index is 5.66. The smallest absolute Gasteiger partial charge is 0.0641 e. The summed E-state index contributed by atoms with van der Waals surface area (Å²) < 4.78 is 5.38. The first kappa shape index (κ1) is 14.0. The molecule has 3 nitrogen and oxygen atoms in total. The zero-order valence-electron chi connectivity index (χ0n) is 11.2. The Hall–Kier alpha value is -1.06. The fourth-order valence-corrected chi connectivity index (χ4v) is 1.91. The van der Waals surface area contributed by atoms with Crippen molar-refractivity contribution in [1.29, 1.82) is 0 Å². The number of anilines is 1. The number of hydrogen-bond donors (Lipinski definition) is 1. The molecule has 17 heavy (non-hydrogen) atoms. The third-order valence-electron chi connectivity index (χ3n) is 2.84. The van der Waals surface area contributed by atoms with Crippen LogP contribution in [0.15, 0.2) is 18.2 Å². The van der Waals surface area contributed by atoms with Gasteiger partial charge >= 0.3 is 0 Å². The van der Waals surface area contributed by atoms with Crippen LogP contribution in [0.5, 0.6) is 0 Å². The van der Waals surface area contributed by atoms with Crippen LogP contribution in [0.2, 0.25) is 0 Å². The Morgan fingerprint density at radius 1 is 1.35 bits per heavy atom. The van der Waals surface area contributed by atoms with Crippen molar-refractivity contribution in [2.45, 2.75) is 20.3 Å². The zero-order valence-corrected chi connectivity index (χ0v) is 11.2. The van der Waals surface area contributed by atoms with Gasteiger partial charge in [-0.25, -0.2) is 0 Å². The largest absolute Gasteiger partial charge is 0.380 e. The maximum atomic E-state index is 5.66. The quantitative estimate of drug-likeness (QED) is 0.736. The van der Waals surface area contributed by atoms with Gasteiger partial charge in [-0.3, -0.25) is 0 Å². The third kappa shape index (κ3) is 4.36. The number of rotatable bonds is 7. The van der Waals surface area contributed by atoms with Crippen LogP contribution in [0.3, 0.4) is 0 Å². The first-order chi connectivity index (χ1) is 8.19. The van der Waals surface area contributed by atoms with Crippen molar-refractivity contribution in [1.82, 2.24) is 0 Å². The van der Waals surface area contributed by atoms with Crippen molar-refractivity contribution in [3.8, 4) is 0 Å². The molecule has 0 aliphatic heterocycles. The Kier molecular flexibility index (Phi) is 6.01. The fraction of sp³-hybridized carbons (Fsp3) is 0.571. The first-order valence-electron chi connectivity index (χ1n) is 6.27. The minimum atomic E-state index is 0.690. The van der Waals surface area contributed by atoms with Crippen molar-refractivity contribution in [3.05, 3.63) is 29.3 Å². The van der Waals surface area contributed by atoms with Gasteiger partial charge < -0.3 is 15.4 Å². The van der Waals surface area contributed by atoms with Crippen molar-refractivity contribution < 1.29 is 4.74 Å². The number of aryl methyl sites for hydroxylation is 1. The number of nitrogens with two attached hydrogens (primary N) is 1. The monoisotopic (exact) mass is 236 g/mol. The summed E-state index contributed by atoms with van der Waals surface area (Å²) >= 11 is 0. The van der Waals surface area contributed by atoms with E-state index >= 15 is 0 Å². The van der Waals surface area contributed by atoms with E-state index in [0.29, 0.717) is 6.54 Å². The van der Waals surface area contributed by atoms with Crippen LogP contribution in [-0.2, 0) is 11.2 Å². The van der Waals surface area contributed by atoms with Gasteiger partial charge in [0.25, 0.3) is 0 Å². The van der Waals surface area contributed by atoms with Crippen molar-refractivity contribution in [2.75, 3.05) is 38.3 Å². The van der Waals surface area contributed by atoms with Gasteiger partial charge in [0.1, 0.15) is 0 Å². The summed E-state index contributed by atoms with van der Waals surface area (Å²) in [5.41, 5.74) is 9.54. The van der Waals surface area contributed by atoms with Crippen LogP contribution in [0.4, 0.5) is 5.69 Å². The van der Waals surface area contributed by atoms with E-state index in [1.807, 2.05) is 6.92 Å². The molecule has 0 atom stereocenters. The molecule has 0 unspecified atom stereocenters. The van der Waals surface area contributed by atoms with E-state index in [0.717, 1.165) is 26.2 Å². The van der Waals surface area contributed by atoms with Crippen molar-refractivity contribution in [2.24, 2.45) is 5.73 Å². The molecule has 3 heteroatoms. The van der Waals surface area contributed by atoms with E-state index in [-0.39, 0.29) is 0 Å². The van der Waals surface area contributed by atoms with Crippen molar-refractivity contribution in [3.63, 3.8) is 0 Å². The third-order valence-corrected chi connectivity index (χ3v) is 2.84. The molecular weight excluding hydrogens is 212 g/mol. The summed E-state index contributed by atoms with van der Waals surface area (Å²) in [5.74, 6) is 0. The fourth-order valence-electron chi connectivity index (χ4n) is 1.91. The minimum Gasteiger partial charge on any atom is -0.380 e. The van der Waals surface area contributed by atoms with E-state index in [9.17, 15) is 0 Å². The maximum Gasteiger partial charge on any atom is 0.0641 e. The van der Waals surface area contributed by atoms with E-state index < -0.39 is 0 Å². The van der Waals surface area contributed by atoms with Crippen LogP contribution < -0.4 is 10.6 Å². The summed E-state index contributed by atoms with van der Waals surface area (Å²) in [5, 5.41) is 0. The number of nitrogens with zero attached hydrogens (tertiary/aromatic N) is 1. The molecule has 96 valence electrons. The second-order valence-electron chi connectivity index (χ2n) is 4.29. The second kappa shape index (κ2) is 7.30. The van der Waals surface area contributed by atoms with Crippen LogP contribution in [-0.4, -0.2) is 33.4 Å². The molecule has 0 saturated carbocycles. The van der Waals surface area contributed by atoms with Gasteiger partial charge in [0, 0.05) is 25.9 Å². The highest BCUT2D eigenvalue weighted by molar-refractivity contribution is 5.54. The number of benzene rings is 1. The molecule has 1 aromatic carbocycles. The highest BCUT2D eigenvalue weighted by Gasteiger charge is 2.07. The Balaban J connectivity index is 2.73. The topological polar surface area (TPSA) is 38.5 Å². The summed E-state index contributed by atoms with van der Waals surface area (Å²) in [6.07, 6.45) is 0.927. The van der Waals surface area contributed by atoms with E-state index in [2.05, 4.69) is 37.1 Å². The molecule has 0 aromatic heterocycles. The van der Waals surface area contributed by atoms with E-state index in [4.69, 9.17) is 10.5 Å². The van der Waals surface area contributed by atoms with Crippen molar-refractivity contribution >= 4 is 5.69 Å². The lowest BCUT2D eigenvalue weighted by Crippen LogP contribution is -2.24. The molecule has 0 fully saturated rings. The summed E-state index contributed by atoms with van der Waals surface area (Å²) in [4.78, 5) is 2.24. The molecule has 1 rings (SSSR count). The molecular formula is C14H24N2O. The number of likely N-dealkylation sites (N-methyl/N-ethyl adjacent to an activating group) is 1. The molecule has 0 saturated heterocycles. The molecule has 0 aliphatic rings. The van der Waals surface area contributed by atoms with Gasteiger partial charge in [-0.05, 0) is 38.4 Å². The molecule has 0 aliphatic carbocycles. The van der Waals surface area contributed by atoms with Gasteiger partial charge in [0.2, 0.25) is 0 Å². The summed E-state index contributed by atoms with van der Waals surface area (Å²) in [7, 11) is 2.10. The van der Waals surface area contributed by atoms with Crippen LogP contribution >= 0.6 is 0 Å². The van der Waals surface area contributed by atoms with Gasteiger partial charge in [-0.15, -0.1) is 0 Å². The molecule has 0 spiro atoms. The Morgan fingerprint density at radius 3 is 2.76 bits per heavy atom. The van der Waals surface area contributed by atoms with Gasteiger partial charge in [-0.1, -0.05) is 17.7 Å². The van der Waals surface area contributed by atoms with E-state index in [1.54, 1.807) is 0 Å². The predicted molar refractivity (Wildman–Crippen MR) is 73.7 cm³/mol. The van der Waals surface area contributed by atoms with E-state index in [1.165, 1.54) is 16.8 Å². The molecule has 0 bridgehead atoms. The Labute approximate surface area is 105 Å². The average Bonchev–Trinajstić information content (AvgIpc) is 2.30. The lowest BCUT2D eigenvalue weighted by molar-refractivity contribution is 0.154. The van der Waals surface area contributed by atoms with Crippen LogP contribution in [0.1, 0.15) is 18.1 Å². The van der Waals surface area contributed by atoms with Crippen LogP contribution in [0, 0.1) is 6.92 Å². The lowest BCUT2D eigenvalue weighted by Gasteiger charge is -2.22. The highest BCUT2D eigenvalue weighted by Crippen LogP contribution is 2.21. The molecule has 0 heterocycles. The van der Waals surface area contributed by atoms with Gasteiger partial charge in [-0.2, -0.15) is 0 Å². The predicted octanol–water partition coefficient (Wildman–Crippen LogP) is 1.97. The lowest BCUT2D eigenvalue weighted by atomic mass is 10.1.